The summed E-state index contributed by atoms with van der Waals surface area (Å²) in [6.45, 7) is 0. The molecule has 0 aliphatic rings. The predicted molar refractivity (Wildman–Crippen MR) is 121 cm³/mol. The van der Waals surface area contributed by atoms with Crippen LogP contribution in [0, 0.1) is 0 Å². The Morgan fingerprint density at radius 2 is 1.10 bits per heavy atom. The third-order valence-corrected chi connectivity index (χ3v) is 7.22. The number of para-hydroxylation sites is 2. The molecule has 0 amide bonds. The number of anilines is 3. The van der Waals surface area contributed by atoms with Gasteiger partial charge in [-0.05, 0) is 0 Å². The molecule has 3 heteroatoms. The zero-order valence-electron chi connectivity index (χ0n) is 15.7. The number of furan rings is 1. The molecule has 5 aromatic rings. The third-order valence-electron chi connectivity index (χ3n) is 4.81. The molecule has 0 saturated heterocycles. The molecule has 0 N–H and O–H groups in total. The average Bonchev–Trinajstić information content (AvgIpc) is 3.48. The molecule has 0 saturated carbocycles. The van der Waals surface area contributed by atoms with Crippen LogP contribution < -0.4 is 4.90 Å². The summed E-state index contributed by atoms with van der Waals surface area (Å²) in [4.78, 5) is 2.28. The molecule has 2 heterocycles. The Hall–Kier alpha value is -3.26. The van der Waals surface area contributed by atoms with Crippen molar-refractivity contribution in [1.82, 2.24) is 0 Å². The van der Waals surface area contributed by atoms with E-state index in [0.717, 1.165) is 22.8 Å². The Labute approximate surface area is 176 Å². The first kappa shape index (κ1) is 17.8. The first-order valence-corrected chi connectivity index (χ1v) is 11.2. The molecule has 2 nitrogen and oxygen atoms in total. The van der Waals surface area contributed by atoms with Gasteiger partial charge in [0.2, 0.25) is 0 Å². The molecule has 3 aromatic carbocycles. The van der Waals surface area contributed by atoms with E-state index in [0.29, 0.717) is 0 Å². The van der Waals surface area contributed by atoms with Gasteiger partial charge < -0.3 is 0 Å². The first-order chi connectivity index (χ1) is 14.4. The normalized spacial score (nSPS) is 10.8. The molecule has 0 atom stereocenters. The molecule has 0 bridgehead atoms. The maximum atomic E-state index is 5.56. The van der Waals surface area contributed by atoms with Crippen molar-refractivity contribution >= 4 is 31.6 Å². The van der Waals surface area contributed by atoms with Gasteiger partial charge in [-0.25, -0.2) is 0 Å². The van der Waals surface area contributed by atoms with Gasteiger partial charge in [0.15, 0.2) is 0 Å². The van der Waals surface area contributed by atoms with Gasteiger partial charge in [-0.2, -0.15) is 0 Å². The summed E-state index contributed by atoms with van der Waals surface area (Å²) in [7, 11) is 0. The van der Waals surface area contributed by atoms with Gasteiger partial charge in [0.25, 0.3) is 0 Å². The van der Waals surface area contributed by atoms with Crippen molar-refractivity contribution in [2.24, 2.45) is 0 Å². The van der Waals surface area contributed by atoms with Crippen LogP contribution in [-0.4, -0.2) is 14.5 Å². The molecule has 140 valence electrons. The number of hydrogen-bond donors (Lipinski definition) is 0. The van der Waals surface area contributed by atoms with Crippen LogP contribution in [-0.2, 0) is 0 Å². The van der Waals surface area contributed by atoms with Gasteiger partial charge in [-0.1, -0.05) is 0 Å². The quantitative estimate of drug-likeness (QED) is 0.270. The van der Waals surface area contributed by atoms with Crippen LogP contribution in [0.4, 0.5) is 17.1 Å². The van der Waals surface area contributed by atoms with Gasteiger partial charge in [0.05, 0.1) is 0 Å². The number of hydrogen-bond acceptors (Lipinski definition) is 2. The van der Waals surface area contributed by atoms with Crippen molar-refractivity contribution in [3.8, 4) is 20.2 Å². The van der Waals surface area contributed by atoms with E-state index in [-0.39, 0.29) is 14.5 Å². The third kappa shape index (κ3) is 3.71. The summed E-state index contributed by atoms with van der Waals surface area (Å²) < 4.78 is 8.22. The minimum absolute atomic E-state index is 0.262. The van der Waals surface area contributed by atoms with E-state index in [1.54, 1.807) is 6.26 Å². The Balaban J connectivity index is 1.49. The van der Waals surface area contributed by atoms with Crippen LogP contribution in [0.5, 0.6) is 0 Å². The van der Waals surface area contributed by atoms with Gasteiger partial charge in [-0.15, -0.1) is 0 Å². The zero-order valence-corrected chi connectivity index (χ0v) is 17.4. The predicted octanol–water partition coefficient (Wildman–Crippen LogP) is 7.14. The maximum absolute atomic E-state index is 5.56. The van der Waals surface area contributed by atoms with E-state index in [4.69, 9.17) is 4.42 Å². The molecule has 0 fully saturated rings. The average molecular weight is 440 g/mol. The van der Waals surface area contributed by atoms with Crippen molar-refractivity contribution in [1.29, 1.82) is 0 Å². The summed E-state index contributed by atoms with van der Waals surface area (Å²) in [5.41, 5.74) is 4.72. The number of benzene rings is 3. The van der Waals surface area contributed by atoms with Crippen LogP contribution >= 0.6 is 0 Å². The van der Waals surface area contributed by atoms with Crippen LogP contribution in [0.15, 0.2) is 120 Å². The molecular weight excluding hydrogens is 421 g/mol. The summed E-state index contributed by atoms with van der Waals surface area (Å²) in [5.74, 6) is 0.979. The molecule has 0 radical (unpaired) electrons. The molecule has 0 spiro atoms. The SMILES string of the molecule is c1ccc(N(c2ccccc2)c2ccc(-c3ccc(-c4ccco4)[se]3)cc2)cc1. The fraction of sp³-hybridized carbons (Fsp3) is 0. The van der Waals surface area contributed by atoms with E-state index < -0.39 is 0 Å². The second kappa shape index (κ2) is 8.00. The van der Waals surface area contributed by atoms with Crippen molar-refractivity contribution in [3.63, 3.8) is 0 Å². The van der Waals surface area contributed by atoms with E-state index in [9.17, 15) is 0 Å². The summed E-state index contributed by atoms with van der Waals surface area (Å²) in [6.07, 6.45) is 1.74. The molecule has 29 heavy (non-hydrogen) atoms. The Morgan fingerprint density at radius 1 is 0.517 bits per heavy atom. The molecule has 0 unspecified atom stereocenters. The molecule has 0 aliphatic carbocycles. The van der Waals surface area contributed by atoms with Gasteiger partial charge in [-0.3, -0.25) is 0 Å². The molecule has 0 aliphatic heterocycles. The fourth-order valence-electron chi connectivity index (χ4n) is 3.42. The Bertz CT molecular complexity index is 1140. The van der Waals surface area contributed by atoms with Crippen LogP contribution in [0.2, 0.25) is 0 Å². The first-order valence-electron chi connectivity index (χ1n) is 9.53. The van der Waals surface area contributed by atoms with E-state index >= 15 is 0 Å². The van der Waals surface area contributed by atoms with E-state index in [1.807, 2.05) is 24.3 Å². The van der Waals surface area contributed by atoms with Gasteiger partial charge in [0, 0.05) is 0 Å². The topological polar surface area (TPSA) is 16.4 Å². The van der Waals surface area contributed by atoms with Gasteiger partial charge in [0.1, 0.15) is 0 Å². The van der Waals surface area contributed by atoms with Crippen molar-refractivity contribution in [2.45, 2.75) is 0 Å². The summed E-state index contributed by atoms with van der Waals surface area (Å²) in [6, 6.07) is 38.2. The zero-order chi connectivity index (χ0) is 19.5. The molecular formula is C26H19NOSe. The van der Waals surface area contributed by atoms with Crippen LogP contribution in [0.25, 0.3) is 20.2 Å². The second-order valence-corrected chi connectivity index (χ2v) is 8.97. The Kier molecular flexibility index (Phi) is 4.92. The van der Waals surface area contributed by atoms with Crippen molar-refractivity contribution < 1.29 is 4.42 Å². The summed E-state index contributed by atoms with van der Waals surface area (Å²) in [5, 5.41) is 0. The molecule has 5 rings (SSSR count). The monoisotopic (exact) mass is 441 g/mol. The second-order valence-electron chi connectivity index (χ2n) is 6.69. The van der Waals surface area contributed by atoms with Gasteiger partial charge >= 0.3 is 177 Å². The van der Waals surface area contributed by atoms with Crippen LogP contribution in [0.3, 0.4) is 0 Å². The minimum atomic E-state index is 0.262. The standard InChI is InChI=1S/C26H19NOSe/c1-3-8-21(9-4-1)27(22-10-5-2-6-11-22)23-15-13-20(14-16-23)25-17-18-26(29-25)24-12-7-19-28-24/h1-19H. The number of rotatable bonds is 5. The van der Waals surface area contributed by atoms with E-state index in [1.165, 1.54) is 14.4 Å². The molecule has 2 aromatic heterocycles. The van der Waals surface area contributed by atoms with Crippen molar-refractivity contribution in [2.75, 3.05) is 4.90 Å². The summed E-state index contributed by atoms with van der Waals surface area (Å²) >= 11 is 0.262. The van der Waals surface area contributed by atoms with Crippen LogP contribution in [0.1, 0.15) is 0 Å². The van der Waals surface area contributed by atoms with Crippen molar-refractivity contribution in [3.05, 3.63) is 115 Å². The fourth-order valence-corrected chi connectivity index (χ4v) is 5.48. The number of nitrogens with zero attached hydrogens (tertiary/aromatic N) is 1. The van der Waals surface area contributed by atoms with E-state index in [2.05, 4.69) is 89.8 Å². The Morgan fingerprint density at radius 3 is 1.69 bits per heavy atom.